The fourth-order valence-electron chi connectivity index (χ4n) is 2.50. The third kappa shape index (κ3) is 2.97. The third-order valence-electron chi connectivity index (χ3n) is 3.64. The van der Waals surface area contributed by atoms with Gasteiger partial charge >= 0.3 is 12.0 Å². The summed E-state index contributed by atoms with van der Waals surface area (Å²) in [6.07, 6.45) is 1.35. The maximum Gasteiger partial charge on any atom is 0.321 e. The third-order valence-corrected chi connectivity index (χ3v) is 4.43. The summed E-state index contributed by atoms with van der Waals surface area (Å²) in [5, 5.41) is 11.9. The number of aliphatic carboxylic acids is 1. The Morgan fingerprint density at radius 2 is 2.29 bits per heavy atom. The molecule has 1 unspecified atom stereocenters. The van der Waals surface area contributed by atoms with Crippen LogP contribution in [0.25, 0.3) is 10.2 Å². The molecule has 1 saturated heterocycles. The molecule has 1 atom stereocenters. The van der Waals surface area contributed by atoms with E-state index in [1.807, 2.05) is 12.1 Å². The molecule has 21 heavy (non-hydrogen) atoms. The van der Waals surface area contributed by atoms with Crippen LogP contribution in [-0.2, 0) is 4.79 Å². The number of hydrogen-bond acceptors (Lipinski definition) is 4. The van der Waals surface area contributed by atoms with Crippen molar-refractivity contribution in [3.05, 3.63) is 23.7 Å². The average Bonchev–Trinajstić information content (AvgIpc) is 2.95. The lowest BCUT2D eigenvalue weighted by Crippen LogP contribution is -2.44. The summed E-state index contributed by atoms with van der Waals surface area (Å²) in [6, 6.07) is 5.30. The molecule has 0 saturated carbocycles. The highest BCUT2D eigenvalue weighted by Gasteiger charge is 2.28. The second kappa shape index (κ2) is 5.69. The second-order valence-corrected chi connectivity index (χ2v) is 5.97. The van der Waals surface area contributed by atoms with E-state index in [1.54, 1.807) is 16.5 Å². The van der Waals surface area contributed by atoms with Gasteiger partial charge in [-0.3, -0.25) is 4.79 Å². The first-order valence-electron chi connectivity index (χ1n) is 6.75. The number of anilines is 1. The van der Waals surface area contributed by atoms with Gasteiger partial charge in [0.05, 0.1) is 21.6 Å². The van der Waals surface area contributed by atoms with Crippen LogP contribution in [0.5, 0.6) is 0 Å². The van der Waals surface area contributed by atoms with E-state index in [2.05, 4.69) is 10.3 Å². The lowest BCUT2D eigenvalue weighted by Gasteiger charge is -2.30. The molecule has 110 valence electrons. The van der Waals surface area contributed by atoms with Gasteiger partial charge in [0.1, 0.15) is 0 Å². The van der Waals surface area contributed by atoms with Gasteiger partial charge in [-0.1, -0.05) is 0 Å². The van der Waals surface area contributed by atoms with Crippen LogP contribution in [0.3, 0.4) is 0 Å². The summed E-state index contributed by atoms with van der Waals surface area (Å²) < 4.78 is 1.01. The van der Waals surface area contributed by atoms with Crippen LogP contribution in [-0.4, -0.2) is 40.1 Å². The van der Waals surface area contributed by atoms with Crippen LogP contribution < -0.4 is 5.32 Å². The van der Waals surface area contributed by atoms with Crippen molar-refractivity contribution in [3.63, 3.8) is 0 Å². The molecule has 6 nitrogen and oxygen atoms in total. The molecule has 7 heteroatoms. The fraction of sp³-hybridized carbons (Fsp3) is 0.357. The fourth-order valence-corrected chi connectivity index (χ4v) is 3.21. The molecule has 3 rings (SSSR count). The molecule has 0 radical (unpaired) electrons. The number of carbonyl (C=O) groups excluding carboxylic acids is 1. The SMILES string of the molecule is O=C(O)C1CCCN(C(=O)Nc2ccc3ncsc3c2)C1. The zero-order valence-electron chi connectivity index (χ0n) is 11.3. The predicted octanol–water partition coefficient (Wildman–Crippen LogP) is 2.62. The number of aromatic nitrogens is 1. The number of piperidine rings is 1. The highest BCUT2D eigenvalue weighted by atomic mass is 32.1. The number of carbonyl (C=O) groups is 2. The number of urea groups is 1. The highest BCUT2D eigenvalue weighted by molar-refractivity contribution is 7.16. The van der Waals surface area contributed by atoms with Gasteiger partial charge in [0.15, 0.2) is 0 Å². The molecule has 1 aromatic heterocycles. The molecule has 0 aliphatic carbocycles. The summed E-state index contributed by atoms with van der Waals surface area (Å²) in [5.41, 5.74) is 3.37. The minimum atomic E-state index is -0.835. The number of rotatable bonds is 2. The number of carboxylic acid groups (broad SMARTS) is 1. The summed E-state index contributed by atoms with van der Waals surface area (Å²) in [5.74, 6) is -1.30. The van der Waals surface area contributed by atoms with Gasteiger partial charge < -0.3 is 15.3 Å². The topological polar surface area (TPSA) is 82.5 Å². The Bertz CT molecular complexity index is 685. The van der Waals surface area contributed by atoms with Gasteiger partial charge in [0.2, 0.25) is 0 Å². The van der Waals surface area contributed by atoms with E-state index < -0.39 is 11.9 Å². The monoisotopic (exact) mass is 305 g/mol. The number of thiazole rings is 1. The van der Waals surface area contributed by atoms with Gasteiger partial charge in [-0.25, -0.2) is 9.78 Å². The normalized spacial score (nSPS) is 18.7. The first-order chi connectivity index (χ1) is 10.1. The average molecular weight is 305 g/mol. The number of hydrogen-bond donors (Lipinski definition) is 2. The van der Waals surface area contributed by atoms with Crippen molar-refractivity contribution in [2.75, 3.05) is 18.4 Å². The molecule has 2 N–H and O–H groups in total. The van der Waals surface area contributed by atoms with Crippen LogP contribution in [0.15, 0.2) is 23.7 Å². The Balaban J connectivity index is 1.69. The maximum atomic E-state index is 12.2. The number of fused-ring (bicyclic) bond motifs is 1. The number of amides is 2. The first kappa shape index (κ1) is 13.8. The van der Waals surface area contributed by atoms with Crippen molar-refractivity contribution in [2.24, 2.45) is 5.92 Å². The van der Waals surface area contributed by atoms with E-state index in [0.29, 0.717) is 18.7 Å². The first-order valence-corrected chi connectivity index (χ1v) is 7.63. The maximum absolute atomic E-state index is 12.2. The molecular weight excluding hydrogens is 290 g/mol. The number of likely N-dealkylation sites (tertiary alicyclic amines) is 1. The van der Waals surface area contributed by atoms with E-state index in [9.17, 15) is 9.59 Å². The van der Waals surface area contributed by atoms with Crippen LogP contribution in [0, 0.1) is 5.92 Å². The molecular formula is C14H15N3O3S. The summed E-state index contributed by atoms with van der Waals surface area (Å²) in [6.45, 7) is 0.863. The Morgan fingerprint density at radius 3 is 3.10 bits per heavy atom. The lowest BCUT2D eigenvalue weighted by molar-refractivity contribution is -0.143. The van der Waals surface area contributed by atoms with Crippen molar-refractivity contribution < 1.29 is 14.7 Å². The van der Waals surface area contributed by atoms with E-state index in [1.165, 1.54) is 11.3 Å². The van der Waals surface area contributed by atoms with Crippen molar-refractivity contribution in [2.45, 2.75) is 12.8 Å². The number of nitrogens with one attached hydrogen (secondary N) is 1. The zero-order valence-corrected chi connectivity index (χ0v) is 12.1. The van der Waals surface area contributed by atoms with Gasteiger partial charge in [-0.2, -0.15) is 0 Å². The van der Waals surface area contributed by atoms with Gasteiger partial charge in [0, 0.05) is 18.8 Å². The smallest absolute Gasteiger partial charge is 0.321 e. The van der Waals surface area contributed by atoms with Crippen LogP contribution >= 0.6 is 11.3 Å². The lowest BCUT2D eigenvalue weighted by atomic mass is 9.99. The molecule has 1 aliphatic rings. The molecule has 2 heterocycles. The van der Waals surface area contributed by atoms with Crippen molar-refractivity contribution in [1.82, 2.24) is 9.88 Å². The standard InChI is InChI=1S/C14H15N3O3S/c18-13(19)9-2-1-5-17(7-9)14(20)16-10-3-4-11-12(6-10)21-8-15-11/h3-4,6,8-9H,1-2,5,7H2,(H,16,20)(H,18,19). The van der Waals surface area contributed by atoms with Crippen molar-refractivity contribution in [1.29, 1.82) is 0 Å². The Morgan fingerprint density at radius 1 is 1.43 bits per heavy atom. The van der Waals surface area contributed by atoms with Crippen molar-refractivity contribution in [3.8, 4) is 0 Å². The predicted molar refractivity (Wildman–Crippen MR) is 80.6 cm³/mol. The molecule has 1 aromatic carbocycles. The van der Waals surface area contributed by atoms with Gasteiger partial charge in [-0.15, -0.1) is 11.3 Å². The van der Waals surface area contributed by atoms with E-state index in [-0.39, 0.29) is 12.6 Å². The molecule has 2 amide bonds. The minimum Gasteiger partial charge on any atom is -0.481 e. The minimum absolute atomic E-state index is 0.246. The molecule has 2 aromatic rings. The Labute approximate surface area is 125 Å². The van der Waals surface area contributed by atoms with Crippen LogP contribution in [0.1, 0.15) is 12.8 Å². The highest BCUT2D eigenvalue weighted by Crippen LogP contribution is 2.23. The summed E-state index contributed by atoms with van der Waals surface area (Å²) in [4.78, 5) is 29.0. The molecule has 1 aliphatic heterocycles. The van der Waals surface area contributed by atoms with Gasteiger partial charge in [0.25, 0.3) is 0 Å². The van der Waals surface area contributed by atoms with E-state index in [0.717, 1.165) is 16.6 Å². The zero-order chi connectivity index (χ0) is 14.8. The van der Waals surface area contributed by atoms with Crippen molar-refractivity contribution >= 4 is 39.2 Å². The molecule has 0 spiro atoms. The largest absolute Gasteiger partial charge is 0.481 e. The number of nitrogens with zero attached hydrogens (tertiary/aromatic N) is 2. The molecule has 0 bridgehead atoms. The Kier molecular flexibility index (Phi) is 3.74. The Hall–Kier alpha value is -2.15. The van der Waals surface area contributed by atoms with Gasteiger partial charge in [-0.05, 0) is 31.0 Å². The number of benzene rings is 1. The summed E-state index contributed by atoms with van der Waals surface area (Å²) in [7, 11) is 0. The summed E-state index contributed by atoms with van der Waals surface area (Å²) >= 11 is 1.51. The quantitative estimate of drug-likeness (QED) is 0.893. The van der Waals surface area contributed by atoms with E-state index in [4.69, 9.17) is 5.11 Å². The molecule has 1 fully saturated rings. The second-order valence-electron chi connectivity index (χ2n) is 5.09. The number of carboxylic acids is 1. The van der Waals surface area contributed by atoms with E-state index >= 15 is 0 Å². The van der Waals surface area contributed by atoms with Crippen LogP contribution in [0.4, 0.5) is 10.5 Å². The van der Waals surface area contributed by atoms with Crippen LogP contribution in [0.2, 0.25) is 0 Å².